The van der Waals surface area contributed by atoms with Gasteiger partial charge in [-0.05, 0) is 37.9 Å². The molecule has 1 N–H and O–H groups in total. The Bertz CT molecular complexity index is 372. The molecule has 0 saturated carbocycles. The molecule has 1 saturated heterocycles. The number of aliphatic carboxylic acids is 1. The van der Waals surface area contributed by atoms with E-state index in [1.807, 2.05) is 0 Å². The number of carboxylic acid groups (broad SMARTS) is 1. The topological polar surface area (TPSA) is 55.8 Å². The van der Waals surface area contributed by atoms with Gasteiger partial charge >= 0.3 is 5.97 Å². The Labute approximate surface area is 183 Å². The van der Waals surface area contributed by atoms with Crippen LogP contribution in [-0.2, 0) is 14.3 Å². The Kier molecular flexibility index (Phi) is 18.2. The van der Waals surface area contributed by atoms with E-state index in [1.54, 1.807) is 11.8 Å². The molecule has 0 aromatic rings. The number of thioether (sulfide) groups is 1. The molecule has 0 bridgehead atoms. The molecule has 1 heterocycles. The van der Waals surface area contributed by atoms with Crippen LogP contribution in [0.1, 0.15) is 116 Å². The van der Waals surface area contributed by atoms with Crippen LogP contribution >= 0.6 is 11.8 Å². The van der Waals surface area contributed by atoms with Crippen molar-refractivity contribution in [3.8, 4) is 0 Å². The molecule has 29 heavy (non-hydrogen) atoms. The summed E-state index contributed by atoms with van der Waals surface area (Å²) in [5.74, 6) is 0.191. The van der Waals surface area contributed by atoms with Crippen molar-refractivity contribution in [2.45, 2.75) is 128 Å². The first-order valence-electron chi connectivity index (χ1n) is 12.3. The Morgan fingerprint density at radius 3 is 2.14 bits per heavy atom. The summed E-state index contributed by atoms with van der Waals surface area (Å²) in [7, 11) is 0. The molecule has 0 aliphatic carbocycles. The first kappa shape index (κ1) is 26.8. The monoisotopic (exact) mass is 430 g/mol. The van der Waals surface area contributed by atoms with Gasteiger partial charge in [0.25, 0.3) is 0 Å². The third kappa shape index (κ3) is 16.1. The summed E-state index contributed by atoms with van der Waals surface area (Å²) in [5.41, 5.74) is 0. The van der Waals surface area contributed by atoms with E-state index < -0.39 is 5.97 Å². The van der Waals surface area contributed by atoms with Crippen LogP contribution in [0.25, 0.3) is 0 Å². The summed E-state index contributed by atoms with van der Waals surface area (Å²) in [4.78, 5) is 11.5. The summed E-state index contributed by atoms with van der Waals surface area (Å²) in [6.07, 6.45) is 20.7. The van der Waals surface area contributed by atoms with Gasteiger partial charge in [-0.2, -0.15) is 0 Å². The summed E-state index contributed by atoms with van der Waals surface area (Å²) >= 11 is 1.58. The molecule has 0 spiro atoms. The maximum atomic E-state index is 11.5. The lowest BCUT2D eigenvalue weighted by Gasteiger charge is -2.22. The van der Waals surface area contributed by atoms with Crippen molar-refractivity contribution in [2.24, 2.45) is 0 Å². The van der Waals surface area contributed by atoms with Gasteiger partial charge in [-0.3, -0.25) is 4.79 Å². The predicted molar refractivity (Wildman–Crippen MR) is 124 cm³/mol. The average Bonchev–Trinajstić information content (AvgIpc) is 2.73. The number of hydrogen-bond donors (Lipinski definition) is 1. The zero-order chi connectivity index (χ0) is 21.0. The molecule has 1 fully saturated rings. The Hall–Kier alpha value is -0.260. The lowest BCUT2D eigenvalue weighted by molar-refractivity contribution is -0.162. The fourth-order valence-electron chi connectivity index (χ4n) is 3.79. The standard InChI is InChI=1S/C24H46O4S/c1-2-3-4-5-6-7-8-9-10-11-12-13-17-22(24(25)26)29-21-16-20-28-23-18-14-15-19-27-23/h22-23H,2-21H2,1H3,(H,25,26). The van der Waals surface area contributed by atoms with E-state index in [2.05, 4.69) is 6.92 Å². The molecule has 172 valence electrons. The molecular formula is C24H46O4S. The van der Waals surface area contributed by atoms with E-state index in [1.165, 1.54) is 77.0 Å². The second kappa shape index (κ2) is 19.7. The van der Waals surface area contributed by atoms with E-state index in [9.17, 15) is 9.90 Å². The maximum Gasteiger partial charge on any atom is 0.316 e. The molecule has 5 heteroatoms. The highest BCUT2D eigenvalue weighted by molar-refractivity contribution is 8.00. The van der Waals surface area contributed by atoms with Gasteiger partial charge in [-0.1, -0.05) is 84.0 Å². The molecule has 2 unspecified atom stereocenters. The van der Waals surface area contributed by atoms with Crippen molar-refractivity contribution >= 4 is 17.7 Å². The van der Waals surface area contributed by atoms with Crippen molar-refractivity contribution in [3.63, 3.8) is 0 Å². The van der Waals surface area contributed by atoms with Crippen LogP contribution in [0, 0.1) is 0 Å². The van der Waals surface area contributed by atoms with E-state index >= 15 is 0 Å². The molecule has 2 atom stereocenters. The predicted octanol–water partition coefficient (Wildman–Crippen LogP) is 7.20. The lowest BCUT2D eigenvalue weighted by atomic mass is 10.0. The summed E-state index contributed by atoms with van der Waals surface area (Å²) in [5, 5.41) is 9.18. The van der Waals surface area contributed by atoms with E-state index in [0.717, 1.165) is 44.5 Å². The highest BCUT2D eigenvalue weighted by Gasteiger charge is 2.17. The molecule has 4 nitrogen and oxygen atoms in total. The molecule has 0 radical (unpaired) electrons. The van der Waals surface area contributed by atoms with Gasteiger partial charge in [0.1, 0.15) is 5.25 Å². The first-order valence-corrected chi connectivity index (χ1v) is 13.4. The molecule has 1 aliphatic rings. The highest BCUT2D eigenvalue weighted by atomic mass is 32.2. The number of unbranched alkanes of at least 4 members (excludes halogenated alkanes) is 11. The van der Waals surface area contributed by atoms with Crippen LogP contribution in [0.2, 0.25) is 0 Å². The van der Waals surface area contributed by atoms with Gasteiger partial charge in [0.2, 0.25) is 0 Å². The molecular weight excluding hydrogens is 384 g/mol. The van der Waals surface area contributed by atoms with Crippen LogP contribution < -0.4 is 0 Å². The van der Waals surface area contributed by atoms with E-state index in [4.69, 9.17) is 9.47 Å². The fraction of sp³-hybridized carbons (Fsp3) is 0.958. The van der Waals surface area contributed by atoms with Crippen molar-refractivity contribution in [2.75, 3.05) is 19.0 Å². The largest absolute Gasteiger partial charge is 0.480 e. The number of carbonyl (C=O) groups is 1. The average molecular weight is 431 g/mol. The van der Waals surface area contributed by atoms with Crippen LogP contribution in [0.5, 0.6) is 0 Å². The minimum atomic E-state index is -0.658. The molecule has 1 rings (SSSR count). The van der Waals surface area contributed by atoms with Crippen molar-refractivity contribution in [3.05, 3.63) is 0 Å². The van der Waals surface area contributed by atoms with Gasteiger partial charge in [0.05, 0.1) is 6.61 Å². The normalized spacial score (nSPS) is 18.0. The van der Waals surface area contributed by atoms with Crippen molar-refractivity contribution < 1.29 is 19.4 Å². The first-order chi connectivity index (χ1) is 14.2. The van der Waals surface area contributed by atoms with Crippen LogP contribution in [0.4, 0.5) is 0 Å². The molecule has 1 aliphatic heterocycles. The number of rotatable bonds is 20. The molecule has 0 amide bonds. The lowest BCUT2D eigenvalue weighted by Crippen LogP contribution is -2.23. The number of hydrogen-bond acceptors (Lipinski definition) is 4. The number of ether oxygens (including phenoxy) is 2. The zero-order valence-corrected chi connectivity index (χ0v) is 19.7. The van der Waals surface area contributed by atoms with Gasteiger partial charge < -0.3 is 14.6 Å². The van der Waals surface area contributed by atoms with Crippen molar-refractivity contribution in [1.82, 2.24) is 0 Å². The van der Waals surface area contributed by atoms with Crippen LogP contribution in [0.3, 0.4) is 0 Å². The Morgan fingerprint density at radius 2 is 1.59 bits per heavy atom. The third-order valence-electron chi connectivity index (χ3n) is 5.64. The second-order valence-corrected chi connectivity index (χ2v) is 9.71. The SMILES string of the molecule is CCCCCCCCCCCCCCC(SCCCOC1CCCCO1)C(=O)O. The van der Waals surface area contributed by atoms with Crippen LogP contribution in [-0.4, -0.2) is 41.6 Å². The summed E-state index contributed by atoms with van der Waals surface area (Å²) in [6, 6.07) is 0. The summed E-state index contributed by atoms with van der Waals surface area (Å²) in [6.45, 7) is 3.74. The smallest absolute Gasteiger partial charge is 0.316 e. The molecule has 0 aromatic heterocycles. The van der Waals surface area contributed by atoms with Gasteiger partial charge in [0, 0.05) is 6.61 Å². The second-order valence-electron chi connectivity index (χ2n) is 8.40. The van der Waals surface area contributed by atoms with Gasteiger partial charge in [-0.15, -0.1) is 11.8 Å². The summed E-state index contributed by atoms with van der Waals surface area (Å²) < 4.78 is 11.3. The van der Waals surface area contributed by atoms with Crippen LogP contribution in [0.15, 0.2) is 0 Å². The molecule has 0 aromatic carbocycles. The highest BCUT2D eigenvalue weighted by Crippen LogP contribution is 2.21. The Balaban J connectivity index is 1.90. The number of carboxylic acids is 1. The van der Waals surface area contributed by atoms with Gasteiger partial charge in [-0.25, -0.2) is 0 Å². The third-order valence-corrected chi connectivity index (χ3v) is 7.01. The maximum absolute atomic E-state index is 11.5. The zero-order valence-electron chi connectivity index (χ0n) is 18.9. The van der Waals surface area contributed by atoms with E-state index in [0.29, 0.717) is 6.61 Å². The fourth-order valence-corrected chi connectivity index (χ4v) is 4.84. The van der Waals surface area contributed by atoms with E-state index in [-0.39, 0.29) is 11.5 Å². The quantitative estimate of drug-likeness (QED) is 0.207. The minimum absolute atomic E-state index is 0.0370. The Morgan fingerprint density at radius 1 is 0.966 bits per heavy atom. The minimum Gasteiger partial charge on any atom is -0.480 e. The van der Waals surface area contributed by atoms with Gasteiger partial charge in [0.15, 0.2) is 6.29 Å². The van der Waals surface area contributed by atoms with Crippen molar-refractivity contribution in [1.29, 1.82) is 0 Å².